The Bertz CT molecular complexity index is 155. The highest BCUT2D eigenvalue weighted by Crippen LogP contribution is 2.25. The molecule has 0 aliphatic heterocycles. The molecule has 1 rings (SSSR count). The average Bonchev–Trinajstić information content (AvgIpc) is 2.75. The molecule has 2 heteroatoms. The minimum atomic E-state index is 0.357. The minimum Gasteiger partial charge on any atom is -0.377 e. The van der Waals surface area contributed by atoms with E-state index < -0.39 is 0 Å². The zero-order valence-electron chi connectivity index (χ0n) is 10.6. The van der Waals surface area contributed by atoms with Crippen molar-refractivity contribution < 1.29 is 4.74 Å². The van der Waals surface area contributed by atoms with Crippen LogP contribution >= 0.6 is 0 Å². The van der Waals surface area contributed by atoms with Crippen molar-refractivity contribution in [2.24, 2.45) is 5.92 Å². The first-order valence-corrected chi connectivity index (χ1v) is 6.62. The summed E-state index contributed by atoms with van der Waals surface area (Å²) in [5.74, 6) is 0.839. The second-order valence-electron chi connectivity index (χ2n) is 4.76. The molecule has 90 valence electrons. The molecule has 1 fully saturated rings. The SMILES string of the molecule is CCNC(CC)C(C)OCC1CCCC1. The van der Waals surface area contributed by atoms with Crippen molar-refractivity contribution in [2.75, 3.05) is 13.2 Å². The third-order valence-electron chi connectivity index (χ3n) is 3.54. The summed E-state index contributed by atoms with van der Waals surface area (Å²) in [4.78, 5) is 0. The number of likely N-dealkylation sites (N-methyl/N-ethyl adjacent to an activating group) is 1. The molecule has 0 bridgehead atoms. The van der Waals surface area contributed by atoms with Gasteiger partial charge in [0.05, 0.1) is 6.10 Å². The Kier molecular flexibility index (Phi) is 6.26. The van der Waals surface area contributed by atoms with Crippen molar-refractivity contribution in [3.63, 3.8) is 0 Å². The number of hydrogen-bond donors (Lipinski definition) is 1. The molecule has 0 aromatic heterocycles. The Morgan fingerprint density at radius 2 is 1.93 bits per heavy atom. The summed E-state index contributed by atoms with van der Waals surface area (Å²) < 4.78 is 5.97. The summed E-state index contributed by atoms with van der Waals surface area (Å²) in [5, 5.41) is 3.48. The zero-order valence-corrected chi connectivity index (χ0v) is 10.6. The largest absolute Gasteiger partial charge is 0.377 e. The fraction of sp³-hybridized carbons (Fsp3) is 1.00. The highest BCUT2D eigenvalue weighted by molar-refractivity contribution is 4.73. The van der Waals surface area contributed by atoms with Gasteiger partial charge < -0.3 is 10.1 Å². The quantitative estimate of drug-likeness (QED) is 0.702. The van der Waals surface area contributed by atoms with Gasteiger partial charge in [0, 0.05) is 12.6 Å². The Morgan fingerprint density at radius 3 is 2.47 bits per heavy atom. The van der Waals surface area contributed by atoms with Gasteiger partial charge in [-0.15, -0.1) is 0 Å². The lowest BCUT2D eigenvalue weighted by atomic mass is 10.1. The maximum absolute atomic E-state index is 5.97. The Labute approximate surface area is 94.8 Å². The van der Waals surface area contributed by atoms with Crippen molar-refractivity contribution >= 4 is 0 Å². The standard InChI is InChI=1S/C13H27NO/c1-4-13(14-5-2)11(3)15-10-12-8-6-7-9-12/h11-14H,4-10H2,1-3H3. The lowest BCUT2D eigenvalue weighted by Gasteiger charge is -2.25. The Morgan fingerprint density at radius 1 is 1.27 bits per heavy atom. The first-order chi connectivity index (χ1) is 7.27. The van der Waals surface area contributed by atoms with E-state index in [1.165, 1.54) is 25.7 Å². The van der Waals surface area contributed by atoms with E-state index in [0.717, 1.165) is 25.5 Å². The van der Waals surface area contributed by atoms with Crippen molar-refractivity contribution in [1.82, 2.24) is 5.32 Å². The van der Waals surface area contributed by atoms with Gasteiger partial charge >= 0.3 is 0 Å². The normalized spacial score (nSPS) is 21.8. The first kappa shape index (κ1) is 13.0. The molecule has 1 saturated carbocycles. The number of ether oxygens (including phenoxy) is 1. The van der Waals surface area contributed by atoms with Crippen LogP contribution in [-0.4, -0.2) is 25.3 Å². The van der Waals surface area contributed by atoms with Crippen LogP contribution in [0.2, 0.25) is 0 Å². The minimum absolute atomic E-state index is 0.357. The fourth-order valence-electron chi connectivity index (χ4n) is 2.49. The van der Waals surface area contributed by atoms with Gasteiger partial charge in [-0.25, -0.2) is 0 Å². The van der Waals surface area contributed by atoms with Crippen LogP contribution in [0.1, 0.15) is 52.9 Å². The van der Waals surface area contributed by atoms with Crippen LogP contribution < -0.4 is 5.32 Å². The van der Waals surface area contributed by atoms with Crippen LogP contribution in [0.4, 0.5) is 0 Å². The topological polar surface area (TPSA) is 21.3 Å². The zero-order chi connectivity index (χ0) is 11.1. The molecule has 2 atom stereocenters. The summed E-state index contributed by atoms with van der Waals surface area (Å²) in [6.07, 6.45) is 7.09. The molecule has 0 radical (unpaired) electrons. The van der Waals surface area contributed by atoms with E-state index in [4.69, 9.17) is 4.74 Å². The van der Waals surface area contributed by atoms with E-state index in [1.54, 1.807) is 0 Å². The summed E-state index contributed by atoms with van der Waals surface area (Å²) in [5.41, 5.74) is 0. The number of hydrogen-bond acceptors (Lipinski definition) is 2. The van der Waals surface area contributed by atoms with E-state index >= 15 is 0 Å². The molecule has 0 saturated heterocycles. The van der Waals surface area contributed by atoms with Gasteiger partial charge in [0.1, 0.15) is 0 Å². The molecule has 0 amide bonds. The second-order valence-corrected chi connectivity index (χ2v) is 4.76. The third-order valence-corrected chi connectivity index (χ3v) is 3.54. The van der Waals surface area contributed by atoms with Crippen molar-refractivity contribution in [1.29, 1.82) is 0 Å². The number of rotatable bonds is 7. The molecule has 2 unspecified atom stereocenters. The molecule has 1 aliphatic carbocycles. The Balaban J connectivity index is 2.17. The molecule has 0 aromatic rings. The highest BCUT2D eigenvalue weighted by atomic mass is 16.5. The first-order valence-electron chi connectivity index (χ1n) is 6.62. The molecule has 1 N–H and O–H groups in total. The molecular weight excluding hydrogens is 186 g/mol. The monoisotopic (exact) mass is 213 g/mol. The highest BCUT2D eigenvalue weighted by Gasteiger charge is 2.19. The average molecular weight is 213 g/mol. The summed E-state index contributed by atoms with van der Waals surface area (Å²) in [6, 6.07) is 0.524. The van der Waals surface area contributed by atoms with Crippen LogP contribution in [0.3, 0.4) is 0 Å². The second kappa shape index (κ2) is 7.24. The molecular formula is C13H27NO. The van der Waals surface area contributed by atoms with Crippen LogP contribution in [0.5, 0.6) is 0 Å². The third kappa shape index (κ3) is 4.52. The van der Waals surface area contributed by atoms with E-state index in [-0.39, 0.29) is 0 Å². The summed E-state index contributed by atoms with van der Waals surface area (Å²) >= 11 is 0. The van der Waals surface area contributed by atoms with Crippen LogP contribution in [-0.2, 0) is 4.74 Å². The molecule has 15 heavy (non-hydrogen) atoms. The van der Waals surface area contributed by atoms with E-state index in [0.29, 0.717) is 12.1 Å². The summed E-state index contributed by atoms with van der Waals surface area (Å²) in [6.45, 7) is 8.60. The predicted molar refractivity (Wildman–Crippen MR) is 65.1 cm³/mol. The fourth-order valence-corrected chi connectivity index (χ4v) is 2.49. The Hall–Kier alpha value is -0.0800. The van der Waals surface area contributed by atoms with Crippen LogP contribution in [0.15, 0.2) is 0 Å². The van der Waals surface area contributed by atoms with Crippen LogP contribution in [0, 0.1) is 5.92 Å². The van der Waals surface area contributed by atoms with Crippen molar-refractivity contribution in [3.05, 3.63) is 0 Å². The van der Waals surface area contributed by atoms with Gasteiger partial charge in [0.2, 0.25) is 0 Å². The van der Waals surface area contributed by atoms with Gasteiger partial charge in [-0.05, 0) is 38.6 Å². The van der Waals surface area contributed by atoms with Gasteiger partial charge in [0.15, 0.2) is 0 Å². The lowest BCUT2D eigenvalue weighted by Crippen LogP contribution is -2.39. The molecule has 0 spiro atoms. The van der Waals surface area contributed by atoms with E-state index in [1.807, 2.05) is 0 Å². The van der Waals surface area contributed by atoms with Gasteiger partial charge in [-0.3, -0.25) is 0 Å². The molecule has 2 nitrogen and oxygen atoms in total. The molecule has 0 heterocycles. The lowest BCUT2D eigenvalue weighted by molar-refractivity contribution is 0.0178. The number of nitrogens with one attached hydrogen (secondary N) is 1. The van der Waals surface area contributed by atoms with E-state index in [9.17, 15) is 0 Å². The van der Waals surface area contributed by atoms with Crippen molar-refractivity contribution in [3.8, 4) is 0 Å². The van der Waals surface area contributed by atoms with E-state index in [2.05, 4.69) is 26.1 Å². The maximum atomic E-state index is 5.97. The predicted octanol–water partition coefficient (Wildman–Crippen LogP) is 2.97. The summed E-state index contributed by atoms with van der Waals surface area (Å²) in [7, 11) is 0. The van der Waals surface area contributed by atoms with Gasteiger partial charge in [0.25, 0.3) is 0 Å². The van der Waals surface area contributed by atoms with Gasteiger partial charge in [-0.2, -0.15) is 0 Å². The molecule has 0 aromatic carbocycles. The smallest absolute Gasteiger partial charge is 0.0699 e. The van der Waals surface area contributed by atoms with Gasteiger partial charge in [-0.1, -0.05) is 26.7 Å². The van der Waals surface area contributed by atoms with Crippen LogP contribution in [0.25, 0.3) is 0 Å². The molecule has 1 aliphatic rings. The van der Waals surface area contributed by atoms with Crippen molar-refractivity contribution in [2.45, 2.75) is 65.0 Å². The maximum Gasteiger partial charge on any atom is 0.0699 e.